The summed E-state index contributed by atoms with van der Waals surface area (Å²) < 4.78 is 0. The average Bonchev–Trinajstić information content (AvgIpc) is 2.67. The van der Waals surface area contributed by atoms with Crippen LogP contribution < -0.4 is 15.5 Å². The Bertz CT molecular complexity index is 721. The van der Waals surface area contributed by atoms with Gasteiger partial charge in [0.1, 0.15) is 6.04 Å². The van der Waals surface area contributed by atoms with Crippen molar-refractivity contribution in [3.05, 3.63) is 47.5 Å². The third-order valence-electron chi connectivity index (χ3n) is 4.39. The molecule has 25 heavy (non-hydrogen) atoms. The topological polar surface area (TPSA) is 83.0 Å². The van der Waals surface area contributed by atoms with E-state index in [1.807, 2.05) is 25.3 Å². The van der Waals surface area contributed by atoms with Crippen molar-refractivity contribution in [1.82, 2.24) is 25.6 Å². The molecule has 0 aliphatic carbocycles. The van der Waals surface area contributed by atoms with E-state index in [4.69, 9.17) is 0 Å². The monoisotopic (exact) mass is 340 g/mol. The van der Waals surface area contributed by atoms with Gasteiger partial charge in [-0.2, -0.15) is 0 Å². The number of nitrogens with zero attached hydrogens (tertiary/aromatic N) is 4. The van der Waals surface area contributed by atoms with Crippen LogP contribution in [0.4, 0.5) is 5.95 Å². The average molecular weight is 340 g/mol. The lowest BCUT2D eigenvalue weighted by molar-refractivity contribution is -0.123. The molecule has 132 valence electrons. The highest BCUT2D eigenvalue weighted by Crippen LogP contribution is 2.14. The van der Waals surface area contributed by atoms with Gasteiger partial charge in [-0.25, -0.2) is 9.97 Å². The van der Waals surface area contributed by atoms with Crippen LogP contribution in [0.5, 0.6) is 0 Å². The van der Waals surface area contributed by atoms with Gasteiger partial charge in [0.15, 0.2) is 0 Å². The minimum Gasteiger partial charge on any atom is -0.351 e. The highest BCUT2D eigenvalue weighted by atomic mass is 16.2. The number of nitrogens with one attached hydrogen (secondary N) is 2. The quantitative estimate of drug-likeness (QED) is 0.839. The fourth-order valence-corrected chi connectivity index (χ4v) is 2.90. The van der Waals surface area contributed by atoms with Crippen LogP contribution in [-0.4, -0.2) is 46.5 Å². The third-order valence-corrected chi connectivity index (χ3v) is 4.39. The Hall–Kier alpha value is -2.54. The van der Waals surface area contributed by atoms with Gasteiger partial charge in [-0.1, -0.05) is 6.92 Å². The minimum atomic E-state index is -0.273. The second-order valence-corrected chi connectivity index (χ2v) is 6.18. The zero-order valence-electron chi connectivity index (χ0n) is 14.7. The first-order chi connectivity index (χ1) is 12.2. The van der Waals surface area contributed by atoms with Crippen molar-refractivity contribution >= 4 is 11.9 Å². The van der Waals surface area contributed by atoms with Gasteiger partial charge in [-0.15, -0.1) is 0 Å². The van der Waals surface area contributed by atoms with Crippen LogP contribution in [0.1, 0.15) is 23.7 Å². The lowest BCUT2D eigenvalue weighted by atomic mass is 10.2. The van der Waals surface area contributed by atoms with Gasteiger partial charge in [-0.3, -0.25) is 9.78 Å². The molecule has 0 bridgehead atoms. The smallest absolute Gasteiger partial charge is 0.239 e. The van der Waals surface area contributed by atoms with Gasteiger partial charge in [0.2, 0.25) is 11.9 Å². The van der Waals surface area contributed by atoms with E-state index in [0.717, 1.165) is 36.3 Å². The Balaban J connectivity index is 1.61. The Morgan fingerprint density at radius 1 is 1.40 bits per heavy atom. The second-order valence-electron chi connectivity index (χ2n) is 6.18. The minimum absolute atomic E-state index is 0.00987. The first-order valence-corrected chi connectivity index (χ1v) is 8.65. The normalized spacial score (nSPS) is 17.4. The molecule has 0 saturated carbocycles. The summed E-state index contributed by atoms with van der Waals surface area (Å²) in [6.45, 7) is 6.70. The highest BCUT2D eigenvalue weighted by molar-refractivity contribution is 5.82. The lowest BCUT2D eigenvalue weighted by Crippen LogP contribution is -2.57. The van der Waals surface area contributed by atoms with Crippen LogP contribution in [0.3, 0.4) is 0 Å². The number of carbonyl (C=O) groups excluding carboxylic acids is 1. The van der Waals surface area contributed by atoms with E-state index in [2.05, 4.69) is 37.4 Å². The van der Waals surface area contributed by atoms with Crippen molar-refractivity contribution in [2.45, 2.75) is 32.9 Å². The van der Waals surface area contributed by atoms with E-state index in [1.165, 1.54) is 0 Å². The van der Waals surface area contributed by atoms with Crippen LogP contribution in [0, 0.1) is 6.92 Å². The van der Waals surface area contributed by atoms with Crippen LogP contribution in [0.15, 0.2) is 30.7 Å². The molecule has 1 aliphatic rings. The number of hydrogen-bond acceptors (Lipinski definition) is 6. The van der Waals surface area contributed by atoms with Crippen LogP contribution in [-0.2, 0) is 17.8 Å². The number of carbonyl (C=O) groups is 1. The molecule has 0 unspecified atom stereocenters. The van der Waals surface area contributed by atoms with E-state index in [0.29, 0.717) is 19.0 Å². The van der Waals surface area contributed by atoms with Crippen LogP contribution >= 0.6 is 0 Å². The molecule has 3 rings (SSSR count). The van der Waals surface area contributed by atoms with E-state index in [9.17, 15) is 4.79 Å². The molecule has 3 heterocycles. The number of rotatable bonds is 5. The molecule has 1 amide bonds. The van der Waals surface area contributed by atoms with Gasteiger partial charge in [-0.05, 0) is 36.6 Å². The molecule has 0 radical (unpaired) electrons. The van der Waals surface area contributed by atoms with E-state index < -0.39 is 0 Å². The molecule has 0 aromatic carbocycles. The van der Waals surface area contributed by atoms with Gasteiger partial charge < -0.3 is 15.5 Å². The Kier molecular flexibility index (Phi) is 5.55. The summed E-state index contributed by atoms with van der Waals surface area (Å²) in [4.78, 5) is 27.6. The molecule has 2 aromatic heterocycles. The molecule has 7 heteroatoms. The summed E-state index contributed by atoms with van der Waals surface area (Å²) in [6.07, 6.45) is 6.19. The fraction of sp³-hybridized carbons (Fsp3) is 0.444. The van der Waals surface area contributed by atoms with Crippen molar-refractivity contribution in [2.24, 2.45) is 0 Å². The SMILES string of the molecule is CCc1nc(N2CCN[C@@H](C(=O)NCc3ccncc3)C2)ncc1C. The molecule has 2 aromatic rings. The first kappa shape index (κ1) is 17.3. The maximum Gasteiger partial charge on any atom is 0.239 e. The zero-order chi connectivity index (χ0) is 17.6. The van der Waals surface area contributed by atoms with E-state index in [1.54, 1.807) is 12.4 Å². The molecular weight excluding hydrogens is 316 g/mol. The number of pyridine rings is 1. The van der Waals surface area contributed by atoms with E-state index in [-0.39, 0.29) is 11.9 Å². The number of hydrogen-bond donors (Lipinski definition) is 2. The van der Waals surface area contributed by atoms with Gasteiger partial charge in [0.05, 0.1) is 0 Å². The Morgan fingerprint density at radius 3 is 2.96 bits per heavy atom. The summed E-state index contributed by atoms with van der Waals surface area (Å²) in [5.74, 6) is 0.695. The molecule has 1 saturated heterocycles. The van der Waals surface area contributed by atoms with Crippen molar-refractivity contribution in [3.8, 4) is 0 Å². The molecular formula is C18H24N6O. The number of amides is 1. The molecule has 1 fully saturated rings. The summed E-state index contributed by atoms with van der Waals surface area (Å²) in [6, 6.07) is 3.52. The first-order valence-electron chi connectivity index (χ1n) is 8.65. The predicted molar refractivity (Wildman–Crippen MR) is 96.2 cm³/mol. The third kappa shape index (κ3) is 4.30. The predicted octanol–water partition coefficient (Wildman–Crippen LogP) is 0.837. The Labute approximate surface area is 147 Å². The molecule has 1 atom stereocenters. The van der Waals surface area contributed by atoms with Gasteiger partial charge in [0.25, 0.3) is 0 Å². The lowest BCUT2D eigenvalue weighted by Gasteiger charge is -2.33. The van der Waals surface area contributed by atoms with Crippen molar-refractivity contribution < 1.29 is 4.79 Å². The second kappa shape index (κ2) is 8.02. The standard InChI is InChI=1S/C18H24N6O/c1-3-15-13(2)10-22-18(23-15)24-9-8-20-16(12-24)17(25)21-11-14-4-6-19-7-5-14/h4-7,10,16,20H,3,8-9,11-12H2,1-2H3,(H,21,25)/t16-/m1/s1. The maximum atomic E-state index is 12.5. The van der Waals surface area contributed by atoms with Crippen LogP contribution in [0.2, 0.25) is 0 Å². The number of aryl methyl sites for hydroxylation is 2. The molecule has 0 spiro atoms. The van der Waals surface area contributed by atoms with E-state index >= 15 is 0 Å². The Morgan fingerprint density at radius 2 is 2.20 bits per heavy atom. The number of piperazine rings is 1. The molecule has 7 nitrogen and oxygen atoms in total. The summed E-state index contributed by atoms with van der Waals surface area (Å²) in [5, 5.41) is 6.25. The van der Waals surface area contributed by atoms with Crippen molar-refractivity contribution in [1.29, 1.82) is 0 Å². The highest BCUT2D eigenvalue weighted by Gasteiger charge is 2.26. The number of anilines is 1. The van der Waals surface area contributed by atoms with Crippen molar-refractivity contribution in [2.75, 3.05) is 24.5 Å². The fourth-order valence-electron chi connectivity index (χ4n) is 2.90. The molecule has 2 N–H and O–H groups in total. The van der Waals surface area contributed by atoms with Gasteiger partial charge in [0, 0.05) is 50.5 Å². The zero-order valence-corrected chi connectivity index (χ0v) is 14.7. The van der Waals surface area contributed by atoms with Crippen LogP contribution in [0.25, 0.3) is 0 Å². The summed E-state index contributed by atoms with van der Waals surface area (Å²) in [7, 11) is 0. The van der Waals surface area contributed by atoms with Crippen molar-refractivity contribution in [3.63, 3.8) is 0 Å². The summed E-state index contributed by atoms with van der Waals surface area (Å²) in [5.41, 5.74) is 3.20. The maximum absolute atomic E-state index is 12.5. The largest absolute Gasteiger partial charge is 0.351 e. The number of aromatic nitrogens is 3. The summed E-state index contributed by atoms with van der Waals surface area (Å²) >= 11 is 0. The van der Waals surface area contributed by atoms with Gasteiger partial charge >= 0.3 is 0 Å². The molecule has 1 aliphatic heterocycles.